The molecule has 2 heterocycles. The summed E-state index contributed by atoms with van der Waals surface area (Å²) in [6.45, 7) is 4.73. The molecule has 0 aliphatic carbocycles. The average molecular weight is 539 g/mol. The van der Waals surface area contributed by atoms with Crippen LogP contribution in [0.15, 0.2) is 21.9 Å². The number of ether oxygens (including phenoxy) is 1. The van der Waals surface area contributed by atoms with Gasteiger partial charge in [0.1, 0.15) is 16.4 Å². The Morgan fingerprint density at radius 3 is 2.59 bits per heavy atom. The molecular weight excluding hydrogens is 518 g/mol. The Morgan fingerprint density at radius 2 is 2.06 bits per heavy atom. The molecule has 2 aromatic rings. The number of benzene rings is 1. The van der Waals surface area contributed by atoms with Crippen molar-refractivity contribution in [1.82, 2.24) is 9.88 Å². The molecule has 1 aliphatic heterocycles. The smallest absolute Gasteiger partial charge is 0.430 e. The quantitative estimate of drug-likeness (QED) is 0.537. The van der Waals surface area contributed by atoms with Crippen LogP contribution < -0.4 is 9.62 Å². The summed E-state index contributed by atoms with van der Waals surface area (Å²) in [5, 5.41) is 12.2. The lowest BCUT2D eigenvalue weighted by molar-refractivity contribution is 0.0608. The van der Waals surface area contributed by atoms with E-state index in [0.717, 1.165) is 16.2 Å². The first kappa shape index (κ1) is 25.9. The molecule has 0 radical (unpaired) electrons. The molecule has 0 saturated carbocycles. The molecule has 1 atom stereocenters. The molecule has 1 aliphatic rings. The number of hydrogen-bond donors (Lipinski definition) is 2. The Kier molecular flexibility index (Phi) is 7.24. The highest BCUT2D eigenvalue weighted by Gasteiger charge is 2.41. The molecule has 1 fully saturated rings. The van der Waals surface area contributed by atoms with Crippen LogP contribution in [-0.4, -0.2) is 60.3 Å². The molecule has 10 nitrogen and oxygen atoms in total. The van der Waals surface area contributed by atoms with E-state index in [1.165, 1.54) is 31.7 Å². The summed E-state index contributed by atoms with van der Waals surface area (Å²) < 4.78 is 62.0. The van der Waals surface area contributed by atoms with Gasteiger partial charge in [0.05, 0.1) is 11.2 Å². The number of aromatic nitrogens is 1. The van der Waals surface area contributed by atoms with Crippen molar-refractivity contribution in [2.45, 2.75) is 43.7 Å². The number of sulfonamides is 1. The molecule has 3 rings (SSSR count). The summed E-state index contributed by atoms with van der Waals surface area (Å²) >= 11 is 6.98. The first-order chi connectivity index (χ1) is 15.7. The van der Waals surface area contributed by atoms with E-state index in [4.69, 9.17) is 21.4 Å². The highest BCUT2D eigenvalue weighted by Crippen LogP contribution is 2.36. The van der Waals surface area contributed by atoms with Gasteiger partial charge in [-0.15, -0.1) is 15.6 Å². The number of rotatable bonds is 5. The van der Waals surface area contributed by atoms with Gasteiger partial charge in [-0.25, -0.2) is 31.8 Å². The molecule has 15 heteroatoms. The molecule has 1 aromatic carbocycles. The number of nitrogens with one attached hydrogen (secondary N) is 1. The van der Waals surface area contributed by atoms with Crippen LogP contribution in [0.4, 0.5) is 29.9 Å². The average Bonchev–Trinajstić information content (AvgIpc) is 3.36. The Hall–Kier alpha value is -2.71. The van der Waals surface area contributed by atoms with Gasteiger partial charge < -0.3 is 20.1 Å². The van der Waals surface area contributed by atoms with Crippen molar-refractivity contribution in [3.8, 4) is 0 Å². The monoisotopic (exact) mass is 538 g/mol. The summed E-state index contributed by atoms with van der Waals surface area (Å²) in [6, 6.07) is 0.180. The SMILES string of the molecule is CC(C)(C)OC(=O)N(c1cscn1)S(=O)(=O)c1c(F)cc(N[C@H]2CCN(C(=O)O)C2)c(Cl)c1F. The molecule has 0 spiro atoms. The number of carboxylic acid groups (broad SMARTS) is 1. The molecular formula is C19H21ClF2N4O6S2. The topological polar surface area (TPSA) is 129 Å². The number of hydrogen-bond acceptors (Lipinski definition) is 8. The van der Waals surface area contributed by atoms with Crippen LogP contribution >= 0.6 is 22.9 Å². The fraction of sp³-hybridized carbons (Fsp3) is 0.421. The third kappa shape index (κ3) is 5.33. The second kappa shape index (κ2) is 9.50. The van der Waals surface area contributed by atoms with E-state index >= 15 is 8.78 Å². The third-order valence-corrected chi connectivity index (χ3v) is 7.27. The number of carbonyl (C=O) groups is 2. The summed E-state index contributed by atoms with van der Waals surface area (Å²) in [5.41, 5.74) is -0.142. The Bertz CT molecular complexity index is 1200. The predicted octanol–water partition coefficient (Wildman–Crippen LogP) is 4.37. The maximum Gasteiger partial charge on any atom is 0.430 e. The van der Waals surface area contributed by atoms with Gasteiger partial charge in [0, 0.05) is 30.6 Å². The number of carbonyl (C=O) groups excluding carboxylic acids is 1. The van der Waals surface area contributed by atoms with E-state index in [-0.39, 0.29) is 23.1 Å². The van der Waals surface area contributed by atoms with Gasteiger partial charge in [0.15, 0.2) is 16.5 Å². The van der Waals surface area contributed by atoms with Crippen molar-refractivity contribution in [2.75, 3.05) is 22.7 Å². The minimum Gasteiger partial charge on any atom is -0.465 e. The molecule has 0 unspecified atom stereocenters. The first-order valence-corrected chi connectivity index (χ1v) is 12.6. The van der Waals surface area contributed by atoms with Crippen molar-refractivity contribution in [2.24, 2.45) is 0 Å². The zero-order valence-electron chi connectivity index (χ0n) is 18.2. The zero-order chi connectivity index (χ0) is 25.4. The fourth-order valence-electron chi connectivity index (χ4n) is 3.21. The van der Waals surface area contributed by atoms with Crippen molar-refractivity contribution in [3.63, 3.8) is 0 Å². The summed E-state index contributed by atoms with van der Waals surface area (Å²) in [5.74, 6) is -3.54. The number of amides is 2. The van der Waals surface area contributed by atoms with Crippen LogP contribution in [0.1, 0.15) is 27.2 Å². The molecule has 1 saturated heterocycles. The molecule has 2 N–H and O–H groups in total. The van der Waals surface area contributed by atoms with Crippen LogP contribution in [0.3, 0.4) is 0 Å². The van der Waals surface area contributed by atoms with Gasteiger partial charge in [-0.05, 0) is 27.2 Å². The maximum atomic E-state index is 15.2. The first-order valence-electron chi connectivity index (χ1n) is 9.80. The van der Waals surface area contributed by atoms with Gasteiger partial charge in [-0.1, -0.05) is 11.6 Å². The van der Waals surface area contributed by atoms with Gasteiger partial charge in [-0.2, -0.15) is 0 Å². The van der Waals surface area contributed by atoms with E-state index in [0.29, 0.717) is 12.5 Å². The Morgan fingerprint density at radius 1 is 1.38 bits per heavy atom. The molecule has 2 amide bonds. The lowest BCUT2D eigenvalue weighted by Gasteiger charge is -2.26. The predicted molar refractivity (Wildman–Crippen MR) is 121 cm³/mol. The van der Waals surface area contributed by atoms with Crippen LogP contribution in [0.25, 0.3) is 0 Å². The van der Waals surface area contributed by atoms with Crippen molar-refractivity contribution in [3.05, 3.63) is 33.6 Å². The van der Waals surface area contributed by atoms with E-state index in [1.807, 2.05) is 0 Å². The van der Waals surface area contributed by atoms with Crippen LogP contribution in [0.2, 0.25) is 5.02 Å². The molecule has 1 aromatic heterocycles. The van der Waals surface area contributed by atoms with Crippen molar-refractivity contribution < 1.29 is 36.6 Å². The standard InChI is InChI=1S/C19H21ClF2N4O6S2/c1-19(2,3)32-18(29)26(13-8-33-9-23-13)34(30,31)16-11(21)6-12(14(20)15(16)22)24-10-4-5-25(7-10)17(27)28/h6,8-10,24H,4-5,7H2,1-3H3,(H,27,28)/t10-/m0/s1. The maximum absolute atomic E-state index is 15.2. The third-order valence-electron chi connectivity index (χ3n) is 4.62. The highest BCUT2D eigenvalue weighted by atomic mass is 35.5. The number of thiazole rings is 1. The number of nitrogens with zero attached hydrogens (tertiary/aromatic N) is 3. The van der Waals surface area contributed by atoms with Gasteiger partial charge in [0.2, 0.25) is 0 Å². The summed E-state index contributed by atoms with van der Waals surface area (Å²) in [6.07, 6.45) is -2.20. The van der Waals surface area contributed by atoms with Crippen molar-refractivity contribution in [1.29, 1.82) is 0 Å². The Labute approximate surface area is 203 Å². The van der Waals surface area contributed by atoms with Gasteiger partial charge in [0.25, 0.3) is 10.0 Å². The van der Waals surface area contributed by atoms with E-state index in [9.17, 15) is 18.0 Å². The number of anilines is 2. The number of likely N-dealkylation sites (tertiary alicyclic amines) is 1. The van der Waals surface area contributed by atoms with Gasteiger partial charge in [-0.3, -0.25) is 0 Å². The van der Waals surface area contributed by atoms with Gasteiger partial charge >= 0.3 is 12.2 Å². The van der Waals surface area contributed by atoms with Crippen LogP contribution in [-0.2, 0) is 14.8 Å². The van der Waals surface area contributed by atoms with Crippen molar-refractivity contribution >= 4 is 56.7 Å². The summed E-state index contributed by atoms with van der Waals surface area (Å²) in [4.78, 5) is 27.2. The van der Waals surface area contributed by atoms with E-state index in [1.54, 1.807) is 0 Å². The van der Waals surface area contributed by atoms with E-state index < -0.39 is 61.2 Å². The largest absolute Gasteiger partial charge is 0.465 e. The Balaban J connectivity index is 2.01. The number of halogens is 3. The molecule has 34 heavy (non-hydrogen) atoms. The minimum absolute atomic E-state index is 0.0468. The lowest BCUT2D eigenvalue weighted by Crippen LogP contribution is -2.42. The summed E-state index contributed by atoms with van der Waals surface area (Å²) in [7, 11) is -5.19. The van der Waals surface area contributed by atoms with Crippen LogP contribution in [0.5, 0.6) is 0 Å². The van der Waals surface area contributed by atoms with Crippen LogP contribution in [0, 0.1) is 11.6 Å². The lowest BCUT2D eigenvalue weighted by atomic mass is 10.2. The van der Waals surface area contributed by atoms with E-state index in [2.05, 4.69) is 10.3 Å². The molecule has 186 valence electrons. The highest BCUT2D eigenvalue weighted by molar-refractivity contribution is 7.93. The zero-order valence-corrected chi connectivity index (χ0v) is 20.6. The fourth-order valence-corrected chi connectivity index (χ4v) is 5.45. The minimum atomic E-state index is -5.19. The second-order valence-corrected chi connectivity index (χ2v) is 11.1. The normalized spacial score (nSPS) is 16.4. The molecule has 0 bridgehead atoms. The second-order valence-electron chi connectivity index (χ2n) is 8.32.